The average molecular weight is 374 g/mol. The van der Waals surface area contributed by atoms with Crippen LogP contribution in [0.4, 0.5) is 0 Å². The van der Waals surface area contributed by atoms with Crippen LogP contribution < -0.4 is 9.47 Å². The van der Waals surface area contributed by atoms with Crippen molar-refractivity contribution in [3.05, 3.63) is 72.6 Å². The molecule has 0 bridgehead atoms. The summed E-state index contributed by atoms with van der Waals surface area (Å²) in [6, 6.07) is 14.1. The van der Waals surface area contributed by atoms with Crippen molar-refractivity contribution in [1.82, 2.24) is 29.8 Å². The average Bonchev–Trinajstić information content (AvgIpc) is 3.48. The fourth-order valence-electron chi connectivity index (χ4n) is 3.46. The topological polar surface area (TPSA) is 79.9 Å². The van der Waals surface area contributed by atoms with Gasteiger partial charge >= 0.3 is 0 Å². The maximum Gasteiger partial charge on any atom is 0.231 e. The standard InChI is InChI=1S/C20H18N6O2/c1-14(10-15-2-7-18-19(11-15)28-13-27-18)20-21-8-9-25(20)16-3-5-17(6-4-16)26-12-22-23-24-26/h2-9,11-12,14H,10,13H2,1H3/t14-/m0/s1. The zero-order valence-electron chi connectivity index (χ0n) is 15.3. The molecular weight excluding hydrogens is 356 g/mol. The summed E-state index contributed by atoms with van der Waals surface area (Å²) < 4.78 is 14.6. The van der Waals surface area contributed by atoms with Gasteiger partial charge in [0, 0.05) is 24.0 Å². The first kappa shape index (κ1) is 16.5. The monoisotopic (exact) mass is 374 g/mol. The SMILES string of the molecule is C[C@@H](Cc1ccc2c(c1)OCO2)c1nccn1-c1ccc(-n2cnnn2)cc1. The lowest BCUT2D eigenvalue weighted by Crippen LogP contribution is -2.07. The Hall–Kier alpha value is -3.68. The quantitative estimate of drug-likeness (QED) is 0.534. The molecule has 0 saturated carbocycles. The highest BCUT2D eigenvalue weighted by Gasteiger charge is 2.17. The molecule has 2 aromatic heterocycles. The van der Waals surface area contributed by atoms with Crippen LogP contribution in [0.2, 0.25) is 0 Å². The van der Waals surface area contributed by atoms with Gasteiger partial charge in [-0.25, -0.2) is 9.67 Å². The summed E-state index contributed by atoms with van der Waals surface area (Å²) >= 11 is 0. The van der Waals surface area contributed by atoms with Crippen LogP contribution in [0.5, 0.6) is 11.5 Å². The van der Waals surface area contributed by atoms with E-state index in [1.807, 2.05) is 48.8 Å². The van der Waals surface area contributed by atoms with Crippen LogP contribution in [0.25, 0.3) is 11.4 Å². The summed E-state index contributed by atoms with van der Waals surface area (Å²) in [6.45, 7) is 2.47. The number of benzene rings is 2. The lowest BCUT2D eigenvalue weighted by Gasteiger charge is -2.15. The van der Waals surface area contributed by atoms with Crippen LogP contribution in [0.3, 0.4) is 0 Å². The van der Waals surface area contributed by atoms with Crippen LogP contribution in [-0.2, 0) is 6.42 Å². The normalized spacial score (nSPS) is 13.6. The van der Waals surface area contributed by atoms with Gasteiger partial charge in [-0.2, -0.15) is 0 Å². The van der Waals surface area contributed by atoms with Gasteiger partial charge in [0.05, 0.1) is 5.69 Å². The van der Waals surface area contributed by atoms with E-state index in [1.54, 1.807) is 11.0 Å². The second-order valence-electron chi connectivity index (χ2n) is 6.72. The van der Waals surface area contributed by atoms with Crippen molar-refractivity contribution in [1.29, 1.82) is 0 Å². The molecule has 0 fully saturated rings. The minimum atomic E-state index is 0.231. The largest absolute Gasteiger partial charge is 0.454 e. The van der Waals surface area contributed by atoms with Crippen molar-refractivity contribution in [3.8, 4) is 22.9 Å². The van der Waals surface area contributed by atoms with E-state index >= 15 is 0 Å². The summed E-state index contributed by atoms with van der Waals surface area (Å²) in [4.78, 5) is 4.60. The Morgan fingerprint density at radius 2 is 1.86 bits per heavy atom. The molecule has 1 aliphatic heterocycles. The Labute approximate surface area is 161 Å². The Morgan fingerprint density at radius 1 is 1.04 bits per heavy atom. The number of hydrogen-bond acceptors (Lipinski definition) is 6. The van der Waals surface area contributed by atoms with E-state index in [-0.39, 0.29) is 5.92 Å². The van der Waals surface area contributed by atoms with Gasteiger partial charge < -0.3 is 14.0 Å². The van der Waals surface area contributed by atoms with Gasteiger partial charge in [0.15, 0.2) is 11.5 Å². The number of nitrogens with zero attached hydrogens (tertiary/aromatic N) is 6. The van der Waals surface area contributed by atoms with Gasteiger partial charge in [0.25, 0.3) is 0 Å². The number of rotatable bonds is 5. The Kier molecular flexibility index (Phi) is 4.01. The summed E-state index contributed by atoms with van der Waals surface area (Å²) in [7, 11) is 0. The molecule has 0 aliphatic carbocycles. The highest BCUT2D eigenvalue weighted by atomic mass is 16.7. The zero-order valence-corrected chi connectivity index (χ0v) is 15.3. The van der Waals surface area contributed by atoms with Crippen molar-refractivity contribution in [2.75, 3.05) is 6.79 Å². The van der Waals surface area contributed by atoms with Gasteiger partial charge in [-0.15, -0.1) is 5.10 Å². The maximum atomic E-state index is 5.49. The number of fused-ring (bicyclic) bond motifs is 1. The summed E-state index contributed by atoms with van der Waals surface area (Å²) in [5.41, 5.74) is 3.14. The summed E-state index contributed by atoms with van der Waals surface area (Å²) in [6.07, 6.45) is 6.25. The molecule has 5 rings (SSSR count). The molecule has 0 spiro atoms. The fraction of sp³-hybridized carbons (Fsp3) is 0.200. The molecule has 28 heavy (non-hydrogen) atoms. The number of aromatic nitrogens is 6. The van der Waals surface area contributed by atoms with Crippen LogP contribution >= 0.6 is 0 Å². The Balaban J connectivity index is 1.38. The van der Waals surface area contributed by atoms with Crippen LogP contribution in [-0.4, -0.2) is 36.6 Å². The molecule has 140 valence electrons. The van der Waals surface area contributed by atoms with Gasteiger partial charge in [-0.1, -0.05) is 13.0 Å². The molecule has 8 heteroatoms. The molecule has 3 heterocycles. The van der Waals surface area contributed by atoms with Crippen molar-refractivity contribution in [2.24, 2.45) is 0 Å². The highest BCUT2D eigenvalue weighted by molar-refractivity contribution is 5.45. The maximum absolute atomic E-state index is 5.49. The first-order valence-corrected chi connectivity index (χ1v) is 9.03. The molecule has 0 radical (unpaired) electrons. The van der Waals surface area contributed by atoms with E-state index in [1.165, 1.54) is 5.56 Å². The second kappa shape index (κ2) is 6.80. The first-order chi connectivity index (χ1) is 13.8. The van der Waals surface area contributed by atoms with Gasteiger partial charge in [0.1, 0.15) is 12.2 Å². The molecule has 0 N–H and O–H groups in total. The molecule has 1 aliphatic rings. The van der Waals surface area contributed by atoms with E-state index in [0.29, 0.717) is 6.79 Å². The third kappa shape index (κ3) is 2.98. The van der Waals surface area contributed by atoms with Crippen LogP contribution in [0.15, 0.2) is 61.2 Å². The summed E-state index contributed by atoms with van der Waals surface area (Å²) in [5, 5.41) is 11.3. The molecule has 4 aromatic rings. The predicted molar refractivity (Wildman–Crippen MR) is 101 cm³/mol. The van der Waals surface area contributed by atoms with Crippen molar-refractivity contribution in [3.63, 3.8) is 0 Å². The lowest BCUT2D eigenvalue weighted by atomic mass is 10.00. The number of ether oxygens (including phenoxy) is 2. The molecule has 0 amide bonds. The van der Waals surface area contributed by atoms with Gasteiger partial charge in [-0.05, 0) is 58.8 Å². The van der Waals surface area contributed by atoms with E-state index in [2.05, 4.69) is 38.1 Å². The van der Waals surface area contributed by atoms with E-state index in [9.17, 15) is 0 Å². The minimum Gasteiger partial charge on any atom is -0.454 e. The zero-order chi connectivity index (χ0) is 18.9. The Morgan fingerprint density at radius 3 is 2.68 bits per heavy atom. The Bertz CT molecular complexity index is 1090. The smallest absolute Gasteiger partial charge is 0.231 e. The number of hydrogen-bond donors (Lipinski definition) is 0. The highest BCUT2D eigenvalue weighted by Crippen LogP contribution is 2.34. The molecule has 0 unspecified atom stereocenters. The van der Waals surface area contributed by atoms with Crippen molar-refractivity contribution in [2.45, 2.75) is 19.3 Å². The van der Waals surface area contributed by atoms with E-state index < -0.39 is 0 Å². The predicted octanol–water partition coefficient (Wildman–Crippen LogP) is 2.92. The molecular formula is C20H18N6O2. The number of tetrazole rings is 1. The summed E-state index contributed by atoms with van der Waals surface area (Å²) in [5.74, 6) is 2.86. The lowest BCUT2D eigenvalue weighted by molar-refractivity contribution is 0.174. The molecule has 1 atom stereocenters. The van der Waals surface area contributed by atoms with Crippen molar-refractivity contribution < 1.29 is 9.47 Å². The van der Waals surface area contributed by atoms with Gasteiger partial charge in [0.2, 0.25) is 6.79 Å². The molecule has 8 nitrogen and oxygen atoms in total. The fourth-order valence-corrected chi connectivity index (χ4v) is 3.46. The van der Waals surface area contributed by atoms with E-state index in [4.69, 9.17) is 9.47 Å². The molecule has 2 aromatic carbocycles. The van der Waals surface area contributed by atoms with Crippen LogP contribution in [0, 0.1) is 0 Å². The second-order valence-corrected chi connectivity index (χ2v) is 6.72. The number of imidazole rings is 1. The van der Waals surface area contributed by atoms with E-state index in [0.717, 1.165) is 35.1 Å². The van der Waals surface area contributed by atoms with Crippen LogP contribution in [0.1, 0.15) is 24.2 Å². The van der Waals surface area contributed by atoms with Gasteiger partial charge in [-0.3, -0.25) is 0 Å². The third-order valence-electron chi connectivity index (χ3n) is 4.83. The minimum absolute atomic E-state index is 0.231. The molecule has 0 saturated heterocycles. The first-order valence-electron chi connectivity index (χ1n) is 9.03. The third-order valence-corrected chi connectivity index (χ3v) is 4.83. The van der Waals surface area contributed by atoms with Crippen molar-refractivity contribution >= 4 is 0 Å².